The van der Waals surface area contributed by atoms with Crippen LogP contribution in [0.3, 0.4) is 0 Å². The highest BCUT2D eigenvalue weighted by atomic mass is 16.3. The fourth-order valence-electron chi connectivity index (χ4n) is 1.57. The molecule has 1 unspecified atom stereocenters. The lowest BCUT2D eigenvalue weighted by Crippen LogP contribution is -2.38. The number of hydrogen-bond acceptors (Lipinski definition) is 6. The van der Waals surface area contributed by atoms with Gasteiger partial charge >= 0.3 is 0 Å². The summed E-state index contributed by atoms with van der Waals surface area (Å²) in [7, 11) is 1.76. The number of aromatic nitrogens is 4. The van der Waals surface area contributed by atoms with Crippen LogP contribution in [0.1, 0.15) is 20.3 Å². The van der Waals surface area contributed by atoms with Crippen LogP contribution < -0.4 is 10.6 Å². The molecule has 1 atom stereocenters. The Balaban J connectivity index is 2.45. The van der Waals surface area contributed by atoms with Crippen molar-refractivity contribution in [2.75, 3.05) is 24.3 Å². The van der Waals surface area contributed by atoms with E-state index in [-0.39, 0.29) is 6.61 Å². The quantitative estimate of drug-likeness (QED) is 0.631. The highest BCUT2D eigenvalue weighted by Gasteiger charge is 2.23. The molecule has 98 valence electrons. The Labute approximate surface area is 105 Å². The van der Waals surface area contributed by atoms with E-state index in [1.807, 2.05) is 13.8 Å². The molecule has 0 saturated heterocycles. The third kappa shape index (κ3) is 2.21. The number of rotatable bonds is 5. The lowest BCUT2D eigenvalue weighted by atomic mass is 10.0. The zero-order chi connectivity index (χ0) is 13.2. The van der Waals surface area contributed by atoms with Crippen molar-refractivity contribution in [3.63, 3.8) is 0 Å². The van der Waals surface area contributed by atoms with Crippen molar-refractivity contribution in [1.82, 2.24) is 20.2 Å². The minimum Gasteiger partial charge on any atom is -0.394 e. The summed E-state index contributed by atoms with van der Waals surface area (Å²) in [5.74, 6) is 1.17. The average Bonchev–Trinajstić information content (AvgIpc) is 2.86. The van der Waals surface area contributed by atoms with Gasteiger partial charge in [-0.2, -0.15) is 15.1 Å². The molecule has 0 aromatic carbocycles. The van der Waals surface area contributed by atoms with Crippen molar-refractivity contribution >= 4 is 22.8 Å². The maximum absolute atomic E-state index is 9.45. The van der Waals surface area contributed by atoms with E-state index in [1.165, 1.54) is 0 Å². The third-order valence-electron chi connectivity index (χ3n) is 3.08. The topological polar surface area (TPSA) is 98.7 Å². The Bertz CT molecular complexity index is 533. The van der Waals surface area contributed by atoms with Crippen LogP contribution in [0.4, 0.5) is 11.8 Å². The molecule has 0 aliphatic heterocycles. The van der Waals surface area contributed by atoms with Crippen molar-refractivity contribution in [1.29, 1.82) is 0 Å². The van der Waals surface area contributed by atoms with Gasteiger partial charge in [-0.15, -0.1) is 0 Å². The number of fused-ring (bicyclic) bond motifs is 1. The van der Waals surface area contributed by atoms with Crippen LogP contribution in [0.2, 0.25) is 0 Å². The van der Waals surface area contributed by atoms with Crippen molar-refractivity contribution in [3.05, 3.63) is 6.20 Å². The van der Waals surface area contributed by atoms with Crippen LogP contribution in [0.5, 0.6) is 0 Å². The second kappa shape index (κ2) is 4.77. The molecule has 4 N–H and O–H groups in total. The molecule has 7 nitrogen and oxygen atoms in total. The van der Waals surface area contributed by atoms with Crippen LogP contribution in [0.25, 0.3) is 11.0 Å². The number of nitrogens with one attached hydrogen (secondary N) is 3. The molecule has 0 fully saturated rings. The SMILES string of the molecule is CCC(C)(CO)Nc1nc(NC)nc2[nH]ncc12. The van der Waals surface area contributed by atoms with Crippen LogP contribution in [0.15, 0.2) is 6.20 Å². The fraction of sp³-hybridized carbons (Fsp3) is 0.545. The molecule has 0 amide bonds. The summed E-state index contributed by atoms with van der Waals surface area (Å²) in [6.45, 7) is 3.98. The minimum atomic E-state index is -0.413. The Morgan fingerprint density at radius 1 is 1.44 bits per heavy atom. The summed E-state index contributed by atoms with van der Waals surface area (Å²) in [6.07, 6.45) is 2.45. The lowest BCUT2D eigenvalue weighted by Gasteiger charge is -2.28. The summed E-state index contributed by atoms with van der Waals surface area (Å²) < 4.78 is 0. The zero-order valence-corrected chi connectivity index (χ0v) is 10.8. The Kier molecular flexibility index (Phi) is 3.33. The van der Waals surface area contributed by atoms with Gasteiger partial charge in [0.1, 0.15) is 5.82 Å². The van der Waals surface area contributed by atoms with Crippen LogP contribution in [-0.4, -0.2) is 44.5 Å². The van der Waals surface area contributed by atoms with E-state index in [1.54, 1.807) is 13.2 Å². The van der Waals surface area contributed by atoms with Gasteiger partial charge in [-0.3, -0.25) is 5.10 Å². The number of anilines is 2. The van der Waals surface area contributed by atoms with Gasteiger partial charge in [0, 0.05) is 7.05 Å². The molecule has 0 radical (unpaired) electrons. The molecular formula is C11H18N6O. The predicted molar refractivity (Wildman–Crippen MR) is 70.6 cm³/mol. The molecule has 0 saturated carbocycles. The first-order valence-electron chi connectivity index (χ1n) is 5.90. The first-order chi connectivity index (χ1) is 8.61. The van der Waals surface area contributed by atoms with Gasteiger partial charge in [0.2, 0.25) is 5.95 Å². The van der Waals surface area contributed by atoms with Crippen molar-refractivity contribution in [3.8, 4) is 0 Å². The second-order valence-electron chi connectivity index (χ2n) is 4.48. The molecule has 2 heterocycles. The van der Waals surface area contributed by atoms with Gasteiger partial charge in [0.15, 0.2) is 5.65 Å². The monoisotopic (exact) mass is 250 g/mol. The number of aliphatic hydroxyl groups is 1. The predicted octanol–water partition coefficient (Wildman–Crippen LogP) is 0.967. The Hall–Kier alpha value is -1.89. The first kappa shape index (κ1) is 12.6. The largest absolute Gasteiger partial charge is 0.394 e. The lowest BCUT2D eigenvalue weighted by molar-refractivity contribution is 0.218. The average molecular weight is 250 g/mol. The van der Waals surface area contributed by atoms with Crippen molar-refractivity contribution < 1.29 is 5.11 Å². The molecule has 2 aromatic heterocycles. The van der Waals surface area contributed by atoms with E-state index in [2.05, 4.69) is 30.8 Å². The first-order valence-corrected chi connectivity index (χ1v) is 5.90. The number of nitrogens with zero attached hydrogens (tertiary/aromatic N) is 3. The summed E-state index contributed by atoms with van der Waals surface area (Å²) in [6, 6.07) is 0. The van der Waals surface area contributed by atoms with E-state index in [4.69, 9.17) is 0 Å². The van der Waals surface area contributed by atoms with Crippen LogP contribution >= 0.6 is 0 Å². The van der Waals surface area contributed by atoms with E-state index in [0.717, 1.165) is 11.8 Å². The van der Waals surface area contributed by atoms with E-state index in [9.17, 15) is 5.11 Å². The van der Waals surface area contributed by atoms with Crippen molar-refractivity contribution in [2.24, 2.45) is 0 Å². The summed E-state index contributed by atoms with van der Waals surface area (Å²) in [5, 5.41) is 23.2. The maximum Gasteiger partial charge on any atom is 0.226 e. The standard InChI is InChI=1S/C11H18N6O/c1-4-11(2,6-18)16-8-7-5-13-17-9(7)15-10(12-3)14-8/h5,18H,4,6H2,1-3H3,(H3,12,13,14,15,16,17). The molecule has 0 aliphatic carbocycles. The minimum absolute atomic E-state index is 0.0295. The molecule has 18 heavy (non-hydrogen) atoms. The van der Waals surface area contributed by atoms with Gasteiger partial charge < -0.3 is 15.7 Å². The Morgan fingerprint density at radius 3 is 2.83 bits per heavy atom. The maximum atomic E-state index is 9.45. The normalized spacial score (nSPS) is 14.4. The molecule has 2 aromatic rings. The van der Waals surface area contributed by atoms with E-state index < -0.39 is 5.54 Å². The number of aromatic amines is 1. The highest BCUT2D eigenvalue weighted by molar-refractivity contribution is 5.87. The number of hydrogen-bond donors (Lipinski definition) is 4. The fourth-order valence-corrected chi connectivity index (χ4v) is 1.57. The second-order valence-corrected chi connectivity index (χ2v) is 4.48. The Morgan fingerprint density at radius 2 is 2.22 bits per heavy atom. The molecule has 7 heteroatoms. The van der Waals surface area contributed by atoms with E-state index >= 15 is 0 Å². The van der Waals surface area contributed by atoms with Crippen LogP contribution in [0, 0.1) is 0 Å². The summed E-state index contributed by atoms with van der Waals surface area (Å²) in [4.78, 5) is 8.62. The molecular weight excluding hydrogens is 232 g/mol. The van der Waals surface area contributed by atoms with Gasteiger partial charge in [-0.05, 0) is 13.3 Å². The number of aliphatic hydroxyl groups excluding tert-OH is 1. The number of H-pyrrole nitrogens is 1. The molecule has 0 bridgehead atoms. The molecule has 2 rings (SSSR count). The van der Waals surface area contributed by atoms with Crippen LogP contribution in [-0.2, 0) is 0 Å². The molecule has 0 aliphatic rings. The smallest absolute Gasteiger partial charge is 0.226 e. The summed E-state index contributed by atoms with van der Waals surface area (Å²) in [5.41, 5.74) is 0.247. The zero-order valence-electron chi connectivity index (χ0n) is 10.8. The van der Waals surface area contributed by atoms with Crippen molar-refractivity contribution in [2.45, 2.75) is 25.8 Å². The summed E-state index contributed by atoms with van der Waals surface area (Å²) >= 11 is 0. The van der Waals surface area contributed by atoms with Gasteiger partial charge in [-0.1, -0.05) is 6.92 Å². The third-order valence-corrected chi connectivity index (χ3v) is 3.08. The van der Waals surface area contributed by atoms with Gasteiger partial charge in [0.25, 0.3) is 0 Å². The van der Waals surface area contributed by atoms with Gasteiger partial charge in [-0.25, -0.2) is 0 Å². The molecule has 0 spiro atoms. The highest BCUT2D eigenvalue weighted by Crippen LogP contribution is 2.24. The van der Waals surface area contributed by atoms with Gasteiger partial charge in [0.05, 0.1) is 23.7 Å². The van der Waals surface area contributed by atoms with E-state index in [0.29, 0.717) is 17.4 Å².